The molecule has 2 atom stereocenters. The molecule has 7 nitrogen and oxygen atoms in total. The molecule has 1 aromatic heterocycles. The Balaban J connectivity index is 2.31. The highest BCUT2D eigenvalue weighted by Gasteiger charge is 2.30. The van der Waals surface area contributed by atoms with Crippen LogP contribution in [0.4, 0.5) is 16.2 Å². The number of nitrogens with one attached hydrogen (secondary N) is 2. The van der Waals surface area contributed by atoms with Crippen LogP contribution in [0.2, 0.25) is 0 Å². The Bertz CT molecular complexity index is 867. The van der Waals surface area contributed by atoms with E-state index in [0.717, 1.165) is 16.8 Å². The molecule has 0 bridgehead atoms. The van der Waals surface area contributed by atoms with Crippen molar-refractivity contribution in [2.45, 2.75) is 38.0 Å². The number of anilines is 2. The first kappa shape index (κ1) is 22.7. The number of pyridine rings is 1. The minimum absolute atomic E-state index is 0.242. The van der Waals surface area contributed by atoms with Crippen molar-refractivity contribution in [1.82, 2.24) is 9.71 Å². The Labute approximate surface area is 175 Å². The van der Waals surface area contributed by atoms with Crippen molar-refractivity contribution in [3.05, 3.63) is 54.9 Å². The number of hydrogen-bond donors (Lipinski definition) is 3. The smallest absolute Gasteiger partial charge is 0.411 e. The first-order chi connectivity index (χ1) is 13.7. The van der Waals surface area contributed by atoms with Crippen LogP contribution in [-0.4, -0.2) is 27.5 Å². The summed E-state index contributed by atoms with van der Waals surface area (Å²) >= 11 is -1.25. The molecule has 1 heterocycles. The second-order valence-corrected chi connectivity index (χ2v) is 9.46. The summed E-state index contributed by atoms with van der Waals surface area (Å²) in [6.07, 6.45) is 3.49. The molecular formula is C21H28N4O3S. The molecule has 1 amide bonds. The first-order valence-corrected chi connectivity index (χ1v) is 10.3. The summed E-state index contributed by atoms with van der Waals surface area (Å²) in [6.45, 7) is 9.54. The number of nitrogens with two attached hydrogens (primary N) is 1. The molecule has 0 fully saturated rings. The van der Waals surface area contributed by atoms with E-state index >= 15 is 0 Å². The van der Waals surface area contributed by atoms with Gasteiger partial charge < -0.3 is 15.0 Å². The Kier molecular flexibility index (Phi) is 7.66. The third-order valence-corrected chi connectivity index (χ3v) is 5.75. The van der Waals surface area contributed by atoms with Gasteiger partial charge in [0, 0.05) is 34.5 Å². The van der Waals surface area contributed by atoms with Crippen molar-refractivity contribution in [3.63, 3.8) is 0 Å². The highest BCUT2D eigenvalue weighted by atomic mass is 32.2. The number of amides is 1. The van der Waals surface area contributed by atoms with Crippen LogP contribution in [0.15, 0.2) is 49.2 Å². The summed E-state index contributed by atoms with van der Waals surface area (Å²) in [5, 5.41) is 2.58. The molecule has 0 saturated carbocycles. The Hall–Kier alpha value is -2.55. The number of rotatable bonds is 7. The maximum Gasteiger partial charge on any atom is 0.411 e. The number of aromatic nitrogens is 1. The van der Waals surface area contributed by atoms with Crippen LogP contribution in [0.5, 0.6) is 0 Å². The number of ether oxygens (including phenoxy) is 1. The molecule has 8 heteroatoms. The number of hydrogen-bond acceptors (Lipinski definition) is 6. The quantitative estimate of drug-likeness (QED) is 0.355. The third kappa shape index (κ3) is 6.22. The Morgan fingerprint density at radius 3 is 2.69 bits per heavy atom. The molecule has 0 aliphatic carbocycles. The molecule has 2 aromatic rings. The van der Waals surface area contributed by atoms with Crippen LogP contribution >= 0.6 is 0 Å². The van der Waals surface area contributed by atoms with Crippen molar-refractivity contribution in [3.8, 4) is 11.1 Å². The zero-order chi connectivity index (χ0) is 21.6. The van der Waals surface area contributed by atoms with Gasteiger partial charge in [0.15, 0.2) is 0 Å². The van der Waals surface area contributed by atoms with Crippen molar-refractivity contribution in [1.29, 1.82) is 0 Å². The first-order valence-electron chi connectivity index (χ1n) is 9.15. The van der Waals surface area contributed by atoms with Crippen LogP contribution < -0.4 is 15.8 Å². The van der Waals surface area contributed by atoms with Gasteiger partial charge in [0.1, 0.15) is 4.75 Å². The van der Waals surface area contributed by atoms with Gasteiger partial charge >= 0.3 is 6.09 Å². The fourth-order valence-corrected chi connectivity index (χ4v) is 3.41. The predicted molar refractivity (Wildman–Crippen MR) is 119 cm³/mol. The number of benzene rings is 1. The lowest BCUT2D eigenvalue weighted by Crippen LogP contribution is -2.41. The molecule has 1 aromatic carbocycles. The Morgan fingerprint density at radius 2 is 2.10 bits per heavy atom. The standard InChI is InChI=1S/C21H28N4O3S/c1-6-7-18(25-29(27)21(2,3)4)19-12-14(10-11-23-19)16-9-8-15(13-17(16)22)24-20(26)28-5/h6,8-13,18,25H,1,7,22H2,2-5H3,(H,24,26)/t18-,29?/m0/s1. The highest BCUT2D eigenvalue weighted by Crippen LogP contribution is 2.31. The van der Waals surface area contributed by atoms with E-state index in [4.69, 9.17) is 5.73 Å². The molecule has 0 saturated heterocycles. The van der Waals surface area contributed by atoms with Crippen LogP contribution in [0.1, 0.15) is 38.9 Å². The van der Waals surface area contributed by atoms with E-state index in [-0.39, 0.29) is 6.04 Å². The average molecular weight is 417 g/mol. The van der Waals surface area contributed by atoms with Crippen molar-refractivity contribution in [2.75, 3.05) is 18.2 Å². The highest BCUT2D eigenvalue weighted by molar-refractivity contribution is 7.90. The lowest BCUT2D eigenvalue weighted by molar-refractivity contribution is 0.187. The SMILES string of the molecule is C=CC[C@H](N[S+]([O-])C(C)(C)C)c1cc(-c2ccc(NC(=O)OC)cc2N)ccn1. The van der Waals surface area contributed by atoms with E-state index in [2.05, 4.69) is 26.3 Å². The largest absolute Gasteiger partial charge is 0.598 e. The van der Waals surface area contributed by atoms with Gasteiger partial charge in [-0.3, -0.25) is 10.3 Å². The van der Waals surface area contributed by atoms with Gasteiger partial charge in [0.05, 0.1) is 18.8 Å². The van der Waals surface area contributed by atoms with Gasteiger partial charge in [0.2, 0.25) is 0 Å². The summed E-state index contributed by atoms with van der Waals surface area (Å²) in [4.78, 5) is 15.8. The van der Waals surface area contributed by atoms with Gasteiger partial charge in [-0.05, 0) is 57.0 Å². The molecule has 0 radical (unpaired) electrons. The predicted octanol–water partition coefficient (Wildman–Crippen LogP) is 4.18. The van der Waals surface area contributed by atoms with E-state index in [1.165, 1.54) is 7.11 Å². The maximum atomic E-state index is 12.6. The topological polar surface area (TPSA) is 112 Å². The fraction of sp³-hybridized carbons (Fsp3) is 0.333. The lowest BCUT2D eigenvalue weighted by atomic mass is 10.0. The molecule has 4 N–H and O–H groups in total. The van der Waals surface area contributed by atoms with E-state index in [1.807, 2.05) is 39.0 Å². The van der Waals surface area contributed by atoms with E-state index in [9.17, 15) is 9.35 Å². The zero-order valence-electron chi connectivity index (χ0n) is 17.2. The second-order valence-electron chi connectivity index (χ2n) is 7.46. The minimum atomic E-state index is -1.25. The minimum Gasteiger partial charge on any atom is -0.598 e. The van der Waals surface area contributed by atoms with Gasteiger partial charge in [-0.2, -0.15) is 0 Å². The number of nitrogen functional groups attached to an aromatic ring is 1. The average Bonchev–Trinajstić information content (AvgIpc) is 2.67. The van der Waals surface area contributed by atoms with E-state index < -0.39 is 22.2 Å². The Morgan fingerprint density at radius 1 is 1.38 bits per heavy atom. The van der Waals surface area contributed by atoms with Crippen LogP contribution in [-0.2, 0) is 16.1 Å². The lowest BCUT2D eigenvalue weighted by Gasteiger charge is -2.27. The molecule has 2 rings (SSSR count). The van der Waals surface area contributed by atoms with Crippen LogP contribution in [0, 0.1) is 0 Å². The van der Waals surface area contributed by atoms with Crippen molar-refractivity contribution >= 4 is 28.8 Å². The van der Waals surface area contributed by atoms with Crippen LogP contribution in [0.3, 0.4) is 0 Å². The maximum absolute atomic E-state index is 12.6. The van der Waals surface area contributed by atoms with Crippen molar-refractivity contribution < 1.29 is 14.1 Å². The fourth-order valence-electron chi connectivity index (χ4n) is 2.58. The number of nitrogens with zero attached hydrogens (tertiary/aromatic N) is 1. The molecule has 29 heavy (non-hydrogen) atoms. The molecule has 156 valence electrons. The zero-order valence-corrected chi connectivity index (χ0v) is 18.0. The summed E-state index contributed by atoms with van der Waals surface area (Å²) in [7, 11) is 1.30. The normalized spacial score (nSPS) is 13.4. The third-order valence-electron chi connectivity index (χ3n) is 4.14. The van der Waals surface area contributed by atoms with Gasteiger partial charge in [-0.15, -0.1) is 11.3 Å². The van der Waals surface area contributed by atoms with E-state index in [1.54, 1.807) is 24.4 Å². The van der Waals surface area contributed by atoms with Gasteiger partial charge in [-0.25, -0.2) is 4.79 Å². The van der Waals surface area contributed by atoms with Gasteiger partial charge in [-0.1, -0.05) is 12.1 Å². The summed E-state index contributed by atoms with van der Waals surface area (Å²) in [6, 6.07) is 8.77. The monoisotopic (exact) mass is 416 g/mol. The van der Waals surface area contributed by atoms with E-state index in [0.29, 0.717) is 17.8 Å². The number of methoxy groups -OCH3 is 1. The summed E-state index contributed by atoms with van der Waals surface area (Å²) < 4.78 is 19.9. The second kappa shape index (κ2) is 9.78. The summed E-state index contributed by atoms with van der Waals surface area (Å²) in [5.74, 6) is 0. The molecular weight excluding hydrogens is 388 g/mol. The van der Waals surface area contributed by atoms with Crippen LogP contribution in [0.25, 0.3) is 11.1 Å². The van der Waals surface area contributed by atoms with Crippen molar-refractivity contribution in [2.24, 2.45) is 0 Å². The molecule has 0 spiro atoms. The summed E-state index contributed by atoms with van der Waals surface area (Å²) in [5.41, 5.74) is 9.66. The van der Waals surface area contributed by atoms with Gasteiger partial charge in [0.25, 0.3) is 0 Å². The molecule has 1 unspecified atom stereocenters. The number of carbonyl (C=O) groups is 1. The number of carbonyl (C=O) groups excluding carboxylic acids is 1. The molecule has 0 aliphatic heterocycles. The molecule has 0 aliphatic rings.